The van der Waals surface area contributed by atoms with Crippen molar-refractivity contribution in [2.45, 2.75) is 25.9 Å². The third kappa shape index (κ3) is 2.87. The van der Waals surface area contributed by atoms with Crippen LogP contribution in [0.1, 0.15) is 30.6 Å². The Kier molecular flexibility index (Phi) is 4.78. The summed E-state index contributed by atoms with van der Waals surface area (Å²) in [7, 11) is 0. The van der Waals surface area contributed by atoms with E-state index in [0.717, 1.165) is 18.6 Å². The van der Waals surface area contributed by atoms with Crippen molar-refractivity contribution >= 4 is 27.5 Å². The van der Waals surface area contributed by atoms with Crippen LogP contribution < -0.4 is 5.73 Å². The third-order valence-corrected chi connectivity index (χ3v) is 3.84. The van der Waals surface area contributed by atoms with Crippen LogP contribution in [0.3, 0.4) is 0 Å². The quantitative estimate of drug-likeness (QED) is 0.832. The van der Waals surface area contributed by atoms with E-state index in [1.807, 2.05) is 6.92 Å². The fourth-order valence-corrected chi connectivity index (χ4v) is 2.69. The van der Waals surface area contributed by atoms with Crippen molar-refractivity contribution in [1.82, 2.24) is 9.78 Å². The Labute approximate surface area is 128 Å². The Balaban J connectivity index is 2.48. The molecule has 0 radical (unpaired) electrons. The molecule has 3 nitrogen and oxygen atoms in total. The molecule has 0 aliphatic rings. The van der Waals surface area contributed by atoms with Crippen LogP contribution in [0.2, 0.25) is 5.02 Å². The predicted molar refractivity (Wildman–Crippen MR) is 77.6 cm³/mol. The highest BCUT2D eigenvalue weighted by atomic mass is 79.9. The van der Waals surface area contributed by atoms with E-state index in [0.29, 0.717) is 16.7 Å². The van der Waals surface area contributed by atoms with Gasteiger partial charge in [-0.25, -0.2) is 8.78 Å². The van der Waals surface area contributed by atoms with Gasteiger partial charge >= 0.3 is 0 Å². The van der Waals surface area contributed by atoms with Crippen LogP contribution in [0.4, 0.5) is 8.78 Å². The smallest absolute Gasteiger partial charge is 0.142 e. The van der Waals surface area contributed by atoms with Gasteiger partial charge in [-0.05, 0) is 34.5 Å². The summed E-state index contributed by atoms with van der Waals surface area (Å²) in [6, 6.07) is 1.13. The van der Waals surface area contributed by atoms with E-state index in [4.69, 9.17) is 17.3 Å². The molecule has 0 amide bonds. The van der Waals surface area contributed by atoms with Crippen molar-refractivity contribution in [2.75, 3.05) is 0 Å². The van der Waals surface area contributed by atoms with Crippen molar-refractivity contribution in [1.29, 1.82) is 0 Å². The van der Waals surface area contributed by atoms with Gasteiger partial charge in [0.1, 0.15) is 11.6 Å². The second-order valence-corrected chi connectivity index (χ2v) is 5.63. The van der Waals surface area contributed by atoms with Gasteiger partial charge in [-0.15, -0.1) is 0 Å². The van der Waals surface area contributed by atoms with E-state index in [-0.39, 0.29) is 10.6 Å². The number of aryl methyl sites for hydroxylation is 1. The minimum Gasteiger partial charge on any atom is -0.319 e. The molecule has 20 heavy (non-hydrogen) atoms. The average Bonchev–Trinajstić information content (AvgIpc) is 2.75. The largest absolute Gasteiger partial charge is 0.319 e. The van der Waals surface area contributed by atoms with Crippen molar-refractivity contribution in [3.05, 3.63) is 50.7 Å². The van der Waals surface area contributed by atoms with Gasteiger partial charge < -0.3 is 5.73 Å². The van der Waals surface area contributed by atoms with Gasteiger partial charge in [0.25, 0.3) is 0 Å². The Hall–Kier alpha value is -0.980. The number of nitrogens with two attached hydrogens (primary N) is 1. The summed E-state index contributed by atoms with van der Waals surface area (Å²) in [5, 5.41) is 3.90. The van der Waals surface area contributed by atoms with Crippen molar-refractivity contribution < 1.29 is 8.78 Å². The molecule has 2 N–H and O–H groups in total. The maximum absolute atomic E-state index is 13.9. The van der Waals surface area contributed by atoms with Gasteiger partial charge in [-0.2, -0.15) is 5.10 Å². The van der Waals surface area contributed by atoms with Crippen molar-refractivity contribution in [3.8, 4) is 0 Å². The van der Waals surface area contributed by atoms with Gasteiger partial charge in [0, 0.05) is 12.1 Å². The average molecular weight is 365 g/mol. The molecule has 0 saturated carbocycles. The Morgan fingerprint density at radius 3 is 2.75 bits per heavy atom. The SMILES string of the molecule is CCCn1ncc(Br)c1C(N)c1cc(F)c(Cl)cc1F. The lowest BCUT2D eigenvalue weighted by molar-refractivity contribution is 0.538. The van der Waals surface area contributed by atoms with Crippen LogP contribution in [0.5, 0.6) is 0 Å². The lowest BCUT2D eigenvalue weighted by Crippen LogP contribution is -2.19. The van der Waals surface area contributed by atoms with Crippen LogP contribution in [0.15, 0.2) is 22.8 Å². The Morgan fingerprint density at radius 2 is 2.10 bits per heavy atom. The van der Waals surface area contributed by atoms with E-state index >= 15 is 0 Å². The molecule has 0 aliphatic heterocycles. The van der Waals surface area contributed by atoms with Gasteiger partial charge in [0.15, 0.2) is 0 Å². The molecule has 0 fully saturated rings. The van der Waals surface area contributed by atoms with Crippen LogP contribution in [0, 0.1) is 11.6 Å². The lowest BCUT2D eigenvalue weighted by Gasteiger charge is -2.16. The van der Waals surface area contributed by atoms with Crippen molar-refractivity contribution in [2.24, 2.45) is 5.73 Å². The fraction of sp³-hybridized carbons (Fsp3) is 0.308. The maximum Gasteiger partial charge on any atom is 0.142 e. The first-order chi connectivity index (χ1) is 9.45. The molecule has 0 spiro atoms. The first-order valence-electron chi connectivity index (χ1n) is 6.07. The molecular weight excluding hydrogens is 352 g/mol. The molecule has 2 rings (SSSR count). The summed E-state index contributed by atoms with van der Waals surface area (Å²) in [5.74, 6) is -1.34. The Morgan fingerprint density at radius 1 is 1.40 bits per heavy atom. The minimum atomic E-state index is -0.829. The molecule has 1 aromatic carbocycles. The lowest BCUT2D eigenvalue weighted by atomic mass is 10.0. The van der Waals surface area contributed by atoms with Crippen LogP contribution in [-0.4, -0.2) is 9.78 Å². The van der Waals surface area contributed by atoms with Crippen LogP contribution >= 0.6 is 27.5 Å². The molecule has 7 heteroatoms. The zero-order chi connectivity index (χ0) is 14.9. The highest BCUT2D eigenvalue weighted by Gasteiger charge is 2.22. The number of benzene rings is 1. The highest BCUT2D eigenvalue weighted by molar-refractivity contribution is 9.10. The summed E-state index contributed by atoms with van der Waals surface area (Å²) >= 11 is 8.88. The molecule has 0 bridgehead atoms. The van der Waals surface area contributed by atoms with E-state index in [9.17, 15) is 8.78 Å². The zero-order valence-electron chi connectivity index (χ0n) is 10.7. The first-order valence-corrected chi connectivity index (χ1v) is 7.24. The number of aromatic nitrogens is 2. The fourth-order valence-electron chi connectivity index (χ4n) is 1.99. The van der Waals surface area contributed by atoms with E-state index in [1.165, 1.54) is 0 Å². The van der Waals surface area contributed by atoms with Gasteiger partial charge in [-0.3, -0.25) is 4.68 Å². The molecule has 108 valence electrons. The summed E-state index contributed by atoms with van der Waals surface area (Å²) in [5.41, 5.74) is 6.72. The summed E-state index contributed by atoms with van der Waals surface area (Å²) < 4.78 is 29.8. The standard InChI is InChI=1S/C13H13BrClF2N3/c1-2-3-20-13(8(14)6-19-20)12(18)7-4-11(17)9(15)5-10(7)16/h4-6,12H,2-3,18H2,1H3. The van der Waals surface area contributed by atoms with Gasteiger partial charge in [0.2, 0.25) is 0 Å². The molecule has 1 atom stereocenters. The first kappa shape index (κ1) is 15.4. The summed E-state index contributed by atoms with van der Waals surface area (Å²) in [4.78, 5) is 0. The van der Waals surface area contributed by atoms with Crippen molar-refractivity contribution in [3.63, 3.8) is 0 Å². The summed E-state index contributed by atoms with van der Waals surface area (Å²) in [6.07, 6.45) is 2.44. The monoisotopic (exact) mass is 363 g/mol. The maximum atomic E-state index is 13.9. The molecular formula is C13H13BrClF2N3. The molecule has 1 unspecified atom stereocenters. The number of hydrogen-bond acceptors (Lipinski definition) is 2. The molecule has 1 heterocycles. The predicted octanol–water partition coefficient (Wildman–Crippen LogP) is 4.04. The van der Waals surface area contributed by atoms with E-state index in [2.05, 4.69) is 21.0 Å². The summed E-state index contributed by atoms with van der Waals surface area (Å²) in [6.45, 7) is 2.64. The van der Waals surface area contributed by atoms with Crippen LogP contribution in [-0.2, 0) is 6.54 Å². The zero-order valence-corrected chi connectivity index (χ0v) is 13.0. The number of nitrogens with zero attached hydrogens (tertiary/aromatic N) is 2. The second-order valence-electron chi connectivity index (χ2n) is 4.37. The van der Waals surface area contributed by atoms with E-state index < -0.39 is 17.7 Å². The second kappa shape index (κ2) is 6.20. The number of rotatable bonds is 4. The van der Waals surface area contributed by atoms with E-state index in [1.54, 1.807) is 10.9 Å². The number of halogens is 4. The number of hydrogen-bond donors (Lipinski definition) is 1. The highest BCUT2D eigenvalue weighted by Crippen LogP contribution is 2.30. The minimum absolute atomic E-state index is 0.0467. The molecule has 2 aromatic rings. The third-order valence-electron chi connectivity index (χ3n) is 2.94. The Bertz CT molecular complexity index is 630. The molecule has 1 aromatic heterocycles. The van der Waals surface area contributed by atoms with Gasteiger partial charge in [-0.1, -0.05) is 18.5 Å². The van der Waals surface area contributed by atoms with Gasteiger partial charge in [0.05, 0.1) is 27.4 Å². The topological polar surface area (TPSA) is 43.8 Å². The molecule has 0 aliphatic carbocycles. The normalized spacial score (nSPS) is 12.7. The molecule has 0 saturated heterocycles. The van der Waals surface area contributed by atoms with Crippen LogP contribution in [0.25, 0.3) is 0 Å².